The summed E-state index contributed by atoms with van der Waals surface area (Å²) in [5.41, 5.74) is 6.57. The second-order valence-corrected chi connectivity index (χ2v) is 4.76. The van der Waals surface area contributed by atoms with Crippen molar-refractivity contribution in [3.05, 3.63) is 29.6 Å². The van der Waals surface area contributed by atoms with Crippen molar-refractivity contribution in [2.75, 3.05) is 13.7 Å². The summed E-state index contributed by atoms with van der Waals surface area (Å²) < 4.78 is 10.9. The van der Waals surface area contributed by atoms with Crippen LogP contribution >= 0.6 is 0 Å². The van der Waals surface area contributed by atoms with E-state index in [4.69, 9.17) is 20.4 Å². The van der Waals surface area contributed by atoms with Crippen molar-refractivity contribution in [3.63, 3.8) is 0 Å². The molecular weight excluding hydrogens is 246 g/mol. The van der Waals surface area contributed by atoms with E-state index in [1.807, 2.05) is 19.9 Å². The monoisotopic (exact) mass is 267 g/mol. The van der Waals surface area contributed by atoms with Gasteiger partial charge in [0.05, 0.1) is 12.2 Å². The Labute approximate surface area is 113 Å². The molecule has 0 amide bonds. The molecule has 0 bridgehead atoms. The molecular formula is C13H21N3O3. The first-order valence-electron chi connectivity index (χ1n) is 6.05. The van der Waals surface area contributed by atoms with Gasteiger partial charge in [-0.15, -0.1) is 0 Å². The first-order chi connectivity index (χ1) is 9.00. The summed E-state index contributed by atoms with van der Waals surface area (Å²) in [5.74, 6) is -0.0172. The highest BCUT2D eigenvalue weighted by Gasteiger charge is 2.16. The maximum Gasteiger partial charge on any atom is 0.189 e. The van der Waals surface area contributed by atoms with E-state index >= 15 is 0 Å². The lowest BCUT2D eigenvalue weighted by Crippen LogP contribution is -2.24. The van der Waals surface area contributed by atoms with Crippen molar-refractivity contribution < 1.29 is 14.7 Å². The van der Waals surface area contributed by atoms with Crippen LogP contribution in [-0.2, 0) is 16.1 Å². The smallest absolute Gasteiger partial charge is 0.189 e. The van der Waals surface area contributed by atoms with Crippen LogP contribution in [0.5, 0.6) is 0 Å². The number of hydrogen-bond acceptors (Lipinski definition) is 5. The third-order valence-corrected chi connectivity index (χ3v) is 2.90. The summed E-state index contributed by atoms with van der Waals surface area (Å²) in [7, 11) is 1.68. The second kappa shape index (κ2) is 7.06. The van der Waals surface area contributed by atoms with E-state index in [1.54, 1.807) is 19.4 Å². The third-order valence-electron chi connectivity index (χ3n) is 2.90. The van der Waals surface area contributed by atoms with Crippen LogP contribution in [0.15, 0.2) is 23.5 Å². The Morgan fingerprint density at radius 1 is 1.53 bits per heavy atom. The van der Waals surface area contributed by atoms with Gasteiger partial charge in [-0.2, -0.15) is 0 Å². The maximum absolute atomic E-state index is 8.69. The van der Waals surface area contributed by atoms with Crippen molar-refractivity contribution in [2.24, 2.45) is 10.9 Å². The number of hydrogen-bond donors (Lipinski definition) is 2. The molecule has 0 spiro atoms. The van der Waals surface area contributed by atoms with Crippen LogP contribution in [0.3, 0.4) is 0 Å². The number of aromatic nitrogens is 1. The number of oxime groups is 1. The van der Waals surface area contributed by atoms with Crippen molar-refractivity contribution in [2.45, 2.75) is 32.5 Å². The van der Waals surface area contributed by atoms with Gasteiger partial charge in [-0.05, 0) is 26.3 Å². The molecule has 0 fully saturated rings. The quantitative estimate of drug-likeness (QED) is 0.257. The fraction of sp³-hybridized carbons (Fsp3) is 0.538. The van der Waals surface area contributed by atoms with Crippen LogP contribution < -0.4 is 5.73 Å². The van der Waals surface area contributed by atoms with Crippen molar-refractivity contribution >= 4 is 5.84 Å². The Kier molecular flexibility index (Phi) is 5.72. The van der Waals surface area contributed by atoms with Crippen molar-refractivity contribution in [1.82, 2.24) is 4.98 Å². The van der Waals surface area contributed by atoms with E-state index < -0.39 is 0 Å². The number of methoxy groups -OCH3 is 1. The van der Waals surface area contributed by atoms with E-state index in [9.17, 15) is 0 Å². The normalized spacial score (nSPS) is 12.7. The predicted octanol–water partition coefficient (Wildman–Crippen LogP) is 1.51. The molecule has 1 rings (SSSR count). The van der Waals surface area contributed by atoms with Gasteiger partial charge in [0.15, 0.2) is 5.84 Å². The maximum atomic E-state index is 8.69. The average molecular weight is 267 g/mol. The third kappa shape index (κ3) is 4.84. The molecule has 6 heteroatoms. The number of nitrogens with zero attached hydrogens (tertiary/aromatic N) is 2. The van der Waals surface area contributed by atoms with Gasteiger partial charge in [-0.3, -0.25) is 4.98 Å². The van der Waals surface area contributed by atoms with Crippen LogP contribution in [-0.4, -0.2) is 35.3 Å². The SMILES string of the molecule is COC(C)(C)CCOCc1cccnc1/C(N)=N/O. The van der Waals surface area contributed by atoms with Gasteiger partial charge in [0, 0.05) is 25.5 Å². The predicted molar refractivity (Wildman–Crippen MR) is 72.1 cm³/mol. The van der Waals surface area contributed by atoms with Gasteiger partial charge in [0.2, 0.25) is 0 Å². The molecule has 0 saturated carbocycles. The Balaban J connectivity index is 2.55. The van der Waals surface area contributed by atoms with E-state index in [0.717, 1.165) is 12.0 Å². The fourth-order valence-electron chi connectivity index (χ4n) is 1.44. The molecule has 0 aromatic carbocycles. The summed E-state index contributed by atoms with van der Waals surface area (Å²) in [4.78, 5) is 4.07. The van der Waals surface area contributed by atoms with Gasteiger partial charge in [-0.25, -0.2) is 0 Å². The number of rotatable bonds is 7. The molecule has 1 heterocycles. The van der Waals surface area contributed by atoms with Crippen molar-refractivity contribution in [1.29, 1.82) is 0 Å². The highest BCUT2D eigenvalue weighted by Crippen LogP contribution is 2.14. The van der Waals surface area contributed by atoms with E-state index in [1.165, 1.54) is 0 Å². The van der Waals surface area contributed by atoms with Gasteiger partial charge in [0.1, 0.15) is 5.69 Å². The molecule has 106 valence electrons. The topological polar surface area (TPSA) is 90.0 Å². The molecule has 0 aliphatic carbocycles. The highest BCUT2D eigenvalue weighted by molar-refractivity contribution is 5.96. The van der Waals surface area contributed by atoms with Gasteiger partial charge in [0.25, 0.3) is 0 Å². The van der Waals surface area contributed by atoms with Crippen LogP contribution in [0.2, 0.25) is 0 Å². The molecule has 1 aromatic rings. The largest absolute Gasteiger partial charge is 0.409 e. The summed E-state index contributed by atoms with van der Waals surface area (Å²) in [6.45, 7) is 4.93. The number of amidine groups is 1. The Bertz CT molecular complexity index is 433. The zero-order valence-corrected chi connectivity index (χ0v) is 11.6. The van der Waals surface area contributed by atoms with Crippen LogP contribution in [0, 0.1) is 0 Å². The fourth-order valence-corrected chi connectivity index (χ4v) is 1.44. The number of pyridine rings is 1. The van der Waals surface area contributed by atoms with Crippen LogP contribution in [0.25, 0.3) is 0 Å². The molecule has 0 aliphatic heterocycles. The minimum Gasteiger partial charge on any atom is -0.409 e. The summed E-state index contributed by atoms with van der Waals surface area (Å²) >= 11 is 0. The zero-order valence-electron chi connectivity index (χ0n) is 11.6. The highest BCUT2D eigenvalue weighted by atomic mass is 16.5. The molecule has 1 aromatic heterocycles. The lowest BCUT2D eigenvalue weighted by Gasteiger charge is -2.22. The molecule has 3 N–H and O–H groups in total. The van der Waals surface area contributed by atoms with E-state index in [0.29, 0.717) is 18.9 Å². The number of nitrogens with two attached hydrogens (primary N) is 1. The van der Waals surface area contributed by atoms with Gasteiger partial charge >= 0.3 is 0 Å². The molecule has 0 atom stereocenters. The minimum absolute atomic E-state index is 0.0172. The zero-order chi connectivity index (χ0) is 14.3. The van der Waals surface area contributed by atoms with E-state index in [2.05, 4.69) is 10.1 Å². The first kappa shape index (κ1) is 15.4. The van der Waals surface area contributed by atoms with Gasteiger partial charge < -0.3 is 20.4 Å². The Morgan fingerprint density at radius 2 is 2.26 bits per heavy atom. The molecule has 0 unspecified atom stereocenters. The standard InChI is InChI=1S/C13H21N3O3/c1-13(2,18-3)6-8-19-9-10-5-4-7-15-11(10)12(14)16-17/h4-5,7,17H,6,8-9H2,1-3H3,(H2,14,16). The number of ether oxygens (including phenoxy) is 2. The lowest BCUT2D eigenvalue weighted by atomic mass is 10.1. The summed E-state index contributed by atoms with van der Waals surface area (Å²) in [6, 6.07) is 3.62. The minimum atomic E-state index is -0.205. The Hall–Kier alpha value is -1.66. The summed E-state index contributed by atoms with van der Waals surface area (Å²) in [6.07, 6.45) is 2.37. The molecule has 6 nitrogen and oxygen atoms in total. The molecule has 19 heavy (non-hydrogen) atoms. The Morgan fingerprint density at radius 3 is 2.89 bits per heavy atom. The average Bonchev–Trinajstić information content (AvgIpc) is 2.43. The molecule has 0 aliphatic rings. The van der Waals surface area contributed by atoms with Crippen LogP contribution in [0.1, 0.15) is 31.5 Å². The van der Waals surface area contributed by atoms with Crippen molar-refractivity contribution in [3.8, 4) is 0 Å². The molecule has 0 saturated heterocycles. The second-order valence-electron chi connectivity index (χ2n) is 4.76. The lowest BCUT2D eigenvalue weighted by molar-refractivity contribution is -0.0125. The summed E-state index contributed by atoms with van der Waals surface area (Å²) in [5, 5.41) is 11.6. The van der Waals surface area contributed by atoms with E-state index in [-0.39, 0.29) is 11.4 Å². The molecule has 0 radical (unpaired) electrons. The van der Waals surface area contributed by atoms with Crippen LogP contribution in [0.4, 0.5) is 0 Å². The van der Waals surface area contributed by atoms with Gasteiger partial charge in [-0.1, -0.05) is 11.2 Å². The first-order valence-corrected chi connectivity index (χ1v) is 6.05.